The topological polar surface area (TPSA) is 298 Å². The van der Waals surface area contributed by atoms with E-state index in [1.807, 2.05) is 37.6 Å². The highest BCUT2D eigenvalue weighted by Gasteiger charge is 2.37. The summed E-state index contributed by atoms with van der Waals surface area (Å²) in [6.07, 6.45) is 11.5. The summed E-state index contributed by atoms with van der Waals surface area (Å²) in [6.45, 7) is 11.7. The van der Waals surface area contributed by atoms with Gasteiger partial charge in [-0.3, -0.25) is 47.8 Å². The van der Waals surface area contributed by atoms with Crippen LogP contribution in [0.4, 0.5) is 20.4 Å². The van der Waals surface area contributed by atoms with E-state index in [1.54, 1.807) is 44.3 Å². The number of nitrogens with two attached hydrogens (primary N) is 1. The number of hydrogen-bond donors (Lipinski definition) is 4. The molecule has 0 aliphatic carbocycles. The predicted molar refractivity (Wildman–Crippen MR) is 367 cm³/mol. The number of nitrogens with zero attached hydrogens (tertiary/aromatic N) is 12. The Kier molecular flexibility index (Phi) is 21.7. The van der Waals surface area contributed by atoms with Crippen LogP contribution < -0.4 is 21.1 Å². The fourth-order valence-electron chi connectivity index (χ4n) is 14.7. The smallest absolute Gasteiger partial charge is 0.325 e. The van der Waals surface area contributed by atoms with E-state index in [0.29, 0.717) is 133 Å². The second-order valence-corrected chi connectivity index (χ2v) is 29.6. The largest absolute Gasteiger partial charge is 0.468 e. The van der Waals surface area contributed by atoms with Crippen LogP contribution in [0.5, 0.6) is 0 Å². The van der Waals surface area contributed by atoms with Gasteiger partial charge in [-0.25, -0.2) is 32.2 Å². The van der Waals surface area contributed by atoms with Gasteiger partial charge in [0.05, 0.1) is 75.8 Å². The lowest BCUT2D eigenvalue weighted by Gasteiger charge is -2.40. The van der Waals surface area contributed by atoms with Crippen LogP contribution in [-0.2, 0) is 56.6 Å². The summed E-state index contributed by atoms with van der Waals surface area (Å²) in [5.41, 5.74) is 9.79. The molecule has 29 heteroatoms. The average Bonchev–Trinajstić information content (AvgIpc) is 1.58. The minimum absolute atomic E-state index is 0.00729. The maximum atomic E-state index is 16.2. The first-order chi connectivity index (χ1) is 47.3. The van der Waals surface area contributed by atoms with Gasteiger partial charge in [0, 0.05) is 98.2 Å². The van der Waals surface area contributed by atoms with E-state index < -0.39 is 39.4 Å². The summed E-state index contributed by atoms with van der Waals surface area (Å²) >= 11 is 1.39. The Morgan fingerprint density at radius 2 is 1.32 bits per heavy atom. The highest BCUT2D eigenvalue weighted by Crippen LogP contribution is 2.44. The molecule has 3 aromatic carbocycles. The zero-order chi connectivity index (χ0) is 68.8. The number of benzene rings is 3. The lowest BCUT2D eigenvalue weighted by atomic mass is 9.89. The number of rotatable bonds is 22. The summed E-state index contributed by atoms with van der Waals surface area (Å²) in [5.74, 6) is -1.79. The third-order valence-electron chi connectivity index (χ3n) is 20.1. The Morgan fingerprint density at radius 3 is 2.01 bits per heavy atom. The molecule has 12 rings (SSSR count). The van der Waals surface area contributed by atoms with Crippen molar-refractivity contribution in [1.29, 1.82) is 0 Å². The molecule has 5 saturated heterocycles. The molecule has 5 amide bonds. The molecule has 0 atom stereocenters. The summed E-state index contributed by atoms with van der Waals surface area (Å²) in [7, 11) is -2.55. The molecule has 5 aliphatic rings. The van der Waals surface area contributed by atoms with Gasteiger partial charge in [0.2, 0.25) is 45.5 Å². The molecule has 5 aliphatic heterocycles. The fraction of sp³-hybridized carbons (Fsp3) is 0.522. The van der Waals surface area contributed by atoms with Crippen LogP contribution in [0.2, 0.25) is 0 Å². The number of methoxy groups -OCH3 is 1. The number of carbonyl (C=O) groups is 6. The molecular weight excluding hydrogens is 1300 g/mol. The molecule has 5 N–H and O–H groups in total. The maximum absolute atomic E-state index is 16.2. The van der Waals surface area contributed by atoms with Crippen LogP contribution in [0.15, 0.2) is 67.0 Å². The molecule has 0 unspecified atom stereocenters. The van der Waals surface area contributed by atoms with Crippen molar-refractivity contribution >= 4 is 90.3 Å². The highest BCUT2D eigenvalue weighted by atomic mass is 32.2. The number of aromatic nitrogens is 7. The standard InChI is InChI=1S/C69H86F2N16O9S2/c1-4-33-98(94,95)80-54-9-5-8-51(63(54)71)64-65(55-11-22-73-69(72)77-55)97-66(78-64)46-18-29-84(30-19-46)68(93)48-20-31-85(32-21-48)67(92)47-16-25-81(26-17-47)39-44-14-27-83(28-15-44)60(90)42-82-23-12-45(13-24-82)40-86-57-35-52(53(70)34-49(57)36-76-86)50-7-6-10-56-62(50)43(2)79-87(56)41-59(89)74-37-58(88)75-38-61(91)96-3/h5-11,22,34-36,44-48,80H,4,12-21,23-33,37-42H2,1-3H3,(H,74,89)(H,75,88)(H2,72,73,77). The van der Waals surface area contributed by atoms with Crippen LogP contribution in [0, 0.1) is 42.2 Å². The Balaban J connectivity index is 0.549. The number of halogens is 2. The Morgan fingerprint density at radius 1 is 0.684 bits per heavy atom. The van der Waals surface area contributed by atoms with Crippen molar-refractivity contribution in [2.45, 2.75) is 103 Å². The number of anilines is 2. The predicted octanol–water partition coefficient (Wildman–Crippen LogP) is 6.67. The number of likely N-dealkylation sites (tertiary alicyclic amines) is 5. The van der Waals surface area contributed by atoms with Crippen molar-refractivity contribution in [1.82, 2.24) is 69.6 Å². The Labute approximate surface area is 572 Å². The molecule has 0 bridgehead atoms. The van der Waals surface area contributed by atoms with Gasteiger partial charge in [0.25, 0.3) is 0 Å². The molecule has 98 heavy (non-hydrogen) atoms. The van der Waals surface area contributed by atoms with Crippen molar-refractivity contribution in [3.63, 3.8) is 0 Å². The normalized spacial score (nSPS) is 17.8. The molecule has 4 aromatic heterocycles. The SMILES string of the molecule is CCCS(=O)(=O)Nc1cccc(-c2nc(C3CCN(C(=O)C4CCN(C(=O)C5CCN(CC6CCN(C(=O)CN7CCC(Cn8ncc9cc(F)c(-c%10cccc%11c%10c(C)nn%11CC(=O)NCC(=O)NCC(=O)OC)cc98)CC7)CC6)CC5)CC4)CC3)sc2-c2ccnc(N)n2)c1F. The molecule has 0 saturated carbocycles. The molecule has 9 heterocycles. The highest BCUT2D eigenvalue weighted by molar-refractivity contribution is 7.92. The first-order valence-electron chi connectivity index (χ1n) is 34.2. The van der Waals surface area contributed by atoms with E-state index in [1.165, 1.54) is 41.5 Å². The average molecular weight is 1390 g/mol. The lowest BCUT2D eigenvalue weighted by Crippen LogP contribution is -2.49. The number of carbonyl (C=O) groups excluding carboxylic acids is 6. The minimum atomic E-state index is -3.76. The summed E-state index contributed by atoms with van der Waals surface area (Å²) in [4.78, 5) is 103. The van der Waals surface area contributed by atoms with E-state index in [4.69, 9.17) is 15.8 Å². The van der Waals surface area contributed by atoms with Crippen molar-refractivity contribution in [2.75, 3.05) is 115 Å². The van der Waals surface area contributed by atoms with Gasteiger partial charge in [-0.05, 0) is 158 Å². The third kappa shape index (κ3) is 16.1. The number of aryl methyl sites for hydroxylation is 1. The number of piperidine rings is 5. The summed E-state index contributed by atoms with van der Waals surface area (Å²) < 4.78 is 67.9. The number of ether oxygens (including phenoxy) is 1. The van der Waals surface area contributed by atoms with Crippen LogP contribution in [0.25, 0.3) is 54.8 Å². The van der Waals surface area contributed by atoms with Crippen molar-refractivity contribution in [3.8, 4) is 33.0 Å². The number of fused-ring (bicyclic) bond motifs is 2. The monoisotopic (exact) mass is 1380 g/mol. The molecule has 25 nitrogen and oxygen atoms in total. The van der Waals surface area contributed by atoms with Crippen LogP contribution in [-0.4, -0.2) is 207 Å². The number of thiazole rings is 1. The van der Waals surface area contributed by atoms with Crippen LogP contribution in [0.1, 0.15) is 94.2 Å². The number of hydrogen-bond acceptors (Lipinski definition) is 18. The first-order valence-corrected chi connectivity index (χ1v) is 36.7. The number of amides is 5. The Bertz CT molecular complexity index is 4200. The van der Waals surface area contributed by atoms with Gasteiger partial charge in [-0.15, -0.1) is 11.3 Å². The van der Waals surface area contributed by atoms with Gasteiger partial charge in [0.15, 0.2) is 5.82 Å². The lowest BCUT2D eigenvalue weighted by molar-refractivity contribution is -0.144. The van der Waals surface area contributed by atoms with E-state index >= 15 is 8.78 Å². The van der Waals surface area contributed by atoms with Crippen molar-refractivity contribution in [2.24, 2.45) is 23.7 Å². The molecule has 5 fully saturated rings. The quantitative estimate of drug-likeness (QED) is 0.0515. The van der Waals surface area contributed by atoms with Gasteiger partial charge in [-0.1, -0.05) is 25.1 Å². The van der Waals surface area contributed by atoms with Gasteiger partial charge >= 0.3 is 5.97 Å². The van der Waals surface area contributed by atoms with E-state index in [2.05, 4.69) is 45.0 Å². The molecule has 0 spiro atoms. The first kappa shape index (κ1) is 69.4. The number of nitrogen functional groups attached to an aromatic ring is 1. The third-order valence-corrected chi connectivity index (χ3v) is 22.9. The molecular formula is C69H86F2N16O9S2. The zero-order valence-corrected chi connectivity index (χ0v) is 57.4. The van der Waals surface area contributed by atoms with Gasteiger partial charge < -0.3 is 40.7 Å². The van der Waals surface area contributed by atoms with E-state index in [9.17, 15) is 37.2 Å². The zero-order valence-electron chi connectivity index (χ0n) is 55.7. The molecule has 522 valence electrons. The van der Waals surface area contributed by atoms with Gasteiger partial charge in [0.1, 0.15) is 18.9 Å². The second kappa shape index (κ2) is 30.7. The maximum Gasteiger partial charge on any atom is 0.325 e. The van der Waals surface area contributed by atoms with Crippen molar-refractivity contribution < 1.29 is 50.7 Å². The van der Waals surface area contributed by atoms with Crippen LogP contribution >= 0.6 is 11.3 Å². The number of esters is 1. The molecule has 7 aromatic rings. The molecule has 0 radical (unpaired) electrons. The van der Waals surface area contributed by atoms with Crippen molar-refractivity contribution in [3.05, 3.63) is 89.3 Å². The van der Waals surface area contributed by atoms with E-state index in [0.717, 1.165) is 94.9 Å². The van der Waals surface area contributed by atoms with Gasteiger partial charge in [-0.2, -0.15) is 10.2 Å². The number of sulfonamides is 1. The minimum Gasteiger partial charge on any atom is -0.468 e. The second-order valence-electron chi connectivity index (χ2n) is 26.7. The Hall–Kier alpha value is -8.54. The van der Waals surface area contributed by atoms with E-state index in [-0.39, 0.29) is 78.1 Å². The number of nitrogens with one attached hydrogen (secondary N) is 3. The fourth-order valence-corrected chi connectivity index (χ4v) is 17.1. The summed E-state index contributed by atoms with van der Waals surface area (Å²) in [5, 5.41) is 16.4. The van der Waals surface area contributed by atoms with Crippen LogP contribution in [0.3, 0.4) is 0 Å². The summed E-state index contributed by atoms with van der Waals surface area (Å²) in [6, 6.07) is 15.0.